The molecule has 0 spiro atoms. The molecule has 0 unspecified atom stereocenters. The van der Waals surface area contributed by atoms with E-state index in [1.54, 1.807) is 11.3 Å². The minimum atomic E-state index is 1.02. The summed E-state index contributed by atoms with van der Waals surface area (Å²) < 4.78 is 0. The van der Waals surface area contributed by atoms with Crippen LogP contribution in [0.4, 0.5) is 0 Å². The first-order valence-electron chi connectivity index (χ1n) is 4.69. The number of rotatable bonds is 2. The number of hydrogen-bond acceptors (Lipinski definition) is 3. The topological polar surface area (TPSA) is 25.8 Å². The van der Waals surface area contributed by atoms with Crippen LogP contribution in [0, 0.1) is 6.92 Å². The van der Waals surface area contributed by atoms with Crippen molar-refractivity contribution in [1.82, 2.24) is 10.2 Å². The lowest BCUT2D eigenvalue weighted by Crippen LogP contribution is -1.85. The van der Waals surface area contributed by atoms with Crippen LogP contribution in [0.15, 0.2) is 24.3 Å². The summed E-state index contributed by atoms with van der Waals surface area (Å²) in [5.74, 6) is 0. The maximum atomic E-state index is 4.16. The van der Waals surface area contributed by atoms with Crippen LogP contribution in [-0.2, 0) is 6.42 Å². The number of benzene rings is 1. The van der Waals surface area contributed by atoms with Gasteiger partial charge in [0.25, 0.3) is 0 Å². The summed E-state index contributed by atoms with van der Waals surface area (Å²) in [7, 11) is 0. The lowest BCUT2D eigenvalue weighted by Gasteiger charge is -2.02. The second-order valence-corrected chi connectivity index (χ2v) is 4.32. The van der Waals surface area contributed by atoms with Crippen molar-refractivity contribution in [3.63, 3.8) is 0 Å². The van der Waals surface area contributed by atoms with Crippen molar-refractivity contribution < 1.29 is 0 Å². The standard InChI is InChI=1S/C11H12N2S/c1-3-9-6-4-5-7-10(9)11-13-12-8(2)14-11/h4-7H,3H2,1-2H3. The van der Waals surface area contributed by atoms with Gasteiger partial charge in [0, 0.05) is 5.56 Å². The van der Waals surface area contributed by atoms with Gasteiger partial charge in [-0.2, -0.15) is 0 Å². The summed E-state index contributed by atoms with van der Waals surface area (Å²) >= 11 is 1.65. The molecular formula is C11H12N2S. The SMILES string of the molecule is CCc1ccccc1-c1nnc(C)s1. The van der Waals surface area contributed by atoms with E-state index in [2.05, 4.69) is 35.3 Å². The molecule has 2 rings (SSSR count). The van der Waals surface area contributed by atoms with Crippen molar-refractivity contribution in [2.75, 3.05) is 0 Å². The Morgan fingerprint density at radius 1 is 1.21 bits per heavy atom. The van der Waals surface area contributed by atoms with Crippen molar-refractivity contribution in [3.8, 4) is 10.6 Å². The maximum absolute atomic E-state index is 4.16. The average molecular weight is 204 g/mol. The van der Waals surface area contributed by atoms with Crippen LogP contribution < -0.4 is 0 Å². The molecule has 1 heterocycles. The Bertz CT molecular complexity index is 434. The molecule has 14 heavy (non-hydrogen) atoms. The Morgan fingerprint density at radius 2 is 2.00 bits per heavy atom. The second kappa shape index (κ2) is 3.88. The van der Waals surface area contributed by atoms with Gasteiger partial charge < -0.3 is 0 Å². The molecule has 0 atom stereocenters. The monoisotopic (exact) mass is 204 g/mol. The molecule has 0 aliphatic carbocycles. The lowest BCUT2D eigenvalue weighted by molar-refractivity contribution is 1.05. The highest BCUT2D eigenvalue weighted by molar-refractivity contribution is 7.14. The minimum absolute atomic E-state index is 1.02. The van der Waals surface area contributed by atoms with E-state index >= 15 is 0 Å². The van der Waals surface area contributed by atoms with Gasteiger partial charge in [0.05, 0.1) is 0 Å². The third-order valence-electron chi connectivity index (χ3n) is 2.15. The quantitative estimate of drug-likeness (QED) is 0.751. The van der Waals surface area contributed by atoms with Crippen LogP contribution in [-0.4, -0.2) is 10.2 Å². The number of hydrogen-bond donors (Lipinski definition) is 0. The van der Waals surface area contributed by atoms with E-state index < -0.39 is 0 Å². The Labute approximate surface area is 87.6 Å². The normalized spacial score (nSPS) is 10.4. The smallest absolute Gasteiger partial charge is 0.143 e. The highest BCUT2D eigenvalue weighted by atomic mass is 32.1. The molecular weight excluding hydrogens is 192 g/mol. The fourth-order valence-electron chi connectivity index (χ4n) is 1.44. The van der Waals surface area contributed by atoms with Gasteiger partial charge in [-0.15, -0.1) is 10.2 Å². The fraction of sp³-hybridized carbons (Fsp3) is 0.273. The summed E-state index contributed by atoms with van der Waals surface area (Å²) in [5.41, 5.74) is 2.56. The molecule has 1 aromatic heterocycles. The van der Waals surface area contributed by atoms with Crippen LogP contribution in [0.3, 0.4) is 0 Å². The average Bonchev–Trinajstić information content (AvgIpc) is 2.65. The summed E-state index contributed by atoms with van der Waals surface area (Å²) in [6.45, 7) is 4.14. The molecule has 0 aliphatic heterocycles. The van der Waals surface area contributed by atoms with Crippen LogP contribution in [0.1, 0.15) is 17.5 Å². The molecule has 2 nitrogen and oxygen atoms in total. The van der Waals surface area contributed by atoms with Gasteiger partial charge in [-0.3, -0.25) is 0 Å². The first-order valence-corrected chi connectivity index (χ1v) is 5.51. The molecule has 1 aromatic carbocycles. The van der Waals surface area contributed by atoms with Crippen molar-refractivity contribution >= 4 is 11.3 Å². The van der Waals surface area contributed by atoms with Crippen molar-refractivity contribution in [2.24, 2.45) is 0 Å². The van der Waals surface area contributed by atoms with Gasteiger partial charge in [0.1, 0.15) is 10.0 Å². The predicted molar refractivity (Wildman–Crippen MR) is 59.5 cm³/mol. The summed E-state index contributed by atoms with van der Waals surface area (Å²) in [6, 6.07) is 8.37. The summed E-state index contributed by atoms with van der Waals surface area (Å²) in [4.78, 5) is 0. The molecule has 72 valence electrons. The molecule has 0 aliphatic rings. The third-order valence-corrected chi connectivity index (χ3v) is 3.03. The van der Waals surface area contributed by atoms with Gasteiger partial charge in [-0.1, -0.05) is 42.5 Å². The van der Waals surface area contributed by atoms with Crippen LogP contribution in [0.5, 0.6) is 0 Å². The van der Waals surface area contributed by atoms with Gasteiger partial charge in [-0.05, 0) is 18.9 Å². The van der Waals surface area contributed by atoms with E-state index in [9.17, 15) is 0 Å². The third kappa shape index (κ3) is 1.68. The predicted octanol–water partition coefficient (Wildman–Crippen LogP) is 3.08. The largest absolute Gasteiger partial charge is 0.148 e. The van der Waals surface area contributed by atoms with Crippen molar-refractivity contribution in [3.05, 3.63) is 34.8 Å². The van der Waals surface area contributed by atoms with E-state index in [4.69, 9.17) is 0 Å². The first kappa shape index (κ1) is 9.34. The fourth-order valence-corrected chi connectivity index (χ4v) is 2.19. The van der Waals surface area contributed by atoms with Gasteiger partial charge in [0.15, 0.2) is 0 Å². The van der Waals surface area contributed by atoms with E-state index in [-0.39, 0.29) is 0 Å². The first-order chi connectivity index (χ1) is 6.81. The Balaban J connectivity index is 2.50. The van der Waals surface area contributed by atoms with Gasteiger partial charge >= 0.3 is 0 Å². The Morgan fingerprint density at radius 3 is 2.64 bits per heavy atom. The Kier molecular flexibility index (Phi) is 2.59. The van der Waals surface area contributed by atoms with Crippen molar-refractivity contribution in [2.45, 2.75) is 20.3 Å². The van der Waals surface area contributed by atoms with Crippen LogP contribution >= 0.6 is 11.3 Å². The van der Waals surface area contributed by atoms with E-state index in [1.807, 2.05) is 13.0 Å². The Hall–Kier alpha value is -1.22. The zero-order chi connectivity index (χ0) is 9.97. The van der Waals surface area contributed by atoms with Crippen LogP contribution in [0.2, 0.25) is 0 Å². The zero-order valence-corrected chi connectivity index (χ0v) is 9.14. The second-order valence-electron chi connectivity index (χ2n) is 3.14. The molecule has 0 bridgehead atoms. The molecule has 0 N–H and O–H groups in total. The summed E-state index contributed by atoms with van der Waals surface area (Å²) in [6.07, 6.45) is 1.04. The number of aryl methyl sites for hydroxylation is 2. The van der Waals surface area contributed by atoms with Gasteiger partial charge in [0.2, 0.25) is 0 Å². The molecule has 0 saturated heterocycles. The van der Waals surface area contributed by atoms with E-state index in [0.717, 1.165) is 16.4 Å². The molecule has 0 amide bonds. The lowest BCUT2D eigenvalue weighted by atomic mass is 10.1. The molecule has 0 fully saturated rings. The van der Waals surface area contributed by atoms with E-state index in [0.29, 0.717) is 0 Å². The molecule has 0 radical (unpaired) electrons. The van der Waals surface area contributed by atoms with Gasteiger partial charge in [-0.25, -0.2) is 0 Å². The van der Waals surface area contributed by atoms with Crippen molar-refractivity contribution in [1.29, 1.82) is 0 Å². The van der Waals surface area contributed by atoms with E-state index in [1.165, 1.54) is 11.1 Å². The zero-order valence-electron chi connectivity index (χ0n) is 8.32. The maximum Gasteiger partial charge on any atom is 0.148 e. The molecule has 3 heteroatoms. The van der Waals surface area contributed by atoms with Crippen LogP contribution in [0.25, 0.3) is 10.6 Å². The molecule has 0 saturated carbocycles. The highest BCUT2D eigenvalue weighted by Crippen LogP contribution is 2.26. The number of aromatic nitrogens is 2. The highest BCUT2D eigenvalue weighted by Gasteiger charge is 2.06. The summed E-state index contributed by atoms with van der Waals surface area (Å²) in [5, 5.41) is 10.2. The minimum Gasteiger partial charge on any atom is -0.143 e. The molecule has 2 aromatic rings. The number of nitrogens with zero attached hydrogens (tertiary/aromatic N) is 2.